The van der Waals surface area contributed by atoms with Gasteiger partial charge < -0.3 is 15.2 Å². The van der Waals surface area contributed by atoms with Gasteiger partial charge >= 0.3 is 5.97 Å². The number of aliphatic carboxylic acids is 1. The second-order valence-electron chi connectivity index (χ2n) is 9.89. The molecule has 0 aliphatic heterocycles. The monoisotopic (exact) mass is 477 g/mol. The minimum atomic E-state index is -0.970. The van der Waals surface area contributed by atoms with Crippen LogP contribution in [0.2, 0.25) is 0 Å². The van der Waals surface area contributed by atoms with E-state index in [9.17, 15) is 19.2 Å². The number of ether oxygens (including phenoxy) is 1. The van der Waals surface area contributed by atoms with E-state index in [1.165, 1.54) is 0 Å². The third kappa shape index (κ3) is 12.4. The standard InChI is InChI=1S/C27H43NO6/c1-19(2)26(24(30)17-21(14-15-25(31)32)27(33)20(3)4)28-16-10-11-22(29)18-34-23-12-8-6-5-7-9-13-23/h19-21,23,26,28H,5-8,10-12,14-18H2,1-4H3,(H,31,32)/t21-,23?,26+/m1/s1. The Bertz CT molecular complexity index is 733. The summed E-state index contributed by atoms with van der Waals surface area (Å²) in [6, 6.07) is -0.441. The average molecular weight is 478 g/mol. The van der Waals surface area contributed by atoms with Gasteiger partial charge in [0.2, 0.25) is 0 Å². The highest BCUT2D eigenvalue weighted by atomic mass is 16.5. The lowest BCUT2D eigenvalue weighted by molar-refractivity contribution is -0.138. The number of carbonyl (C=O) groups is 4. The van der Waals surface area contributed by atoms with E-state index in [0.717, 1.165) is 32.1 Å². The maximum atomic E-state index is 13.0. The predicted molar refractivity (Wildman–Crippen MR) is 131 cm³/mol. The van der Waals surface area contributed by atoms with Crippen molar-refractivity contribution in [3.8, 4) is 11.8 Å². The van der Waals surface area contributed by atoms with E-state index in [2.05, 4.69) is 17.2 Å². The molecule has 1 unspecified atom stereocenters. The molecule has 0 heterocycles. The first-order valence-corrected chi connectivity index (χ1v) is 12.7. The van der Waals surface area contributed by atoms with Crippen LogP contribution in [0.4, 0.5) is 0 Å². The zero-order valence-electron chi connectivity index (χ0n) is 21.4. The van der Waals surface area contributed by atoms with Crippen LogP contribution in [-0.2, 0) is 23.9 Å². The summed E-state index contributed by atoms with van der Waals surface area (Å²) in [6.07, 6.45) is 5.97. The summed E-state index contributed by atoms with van der Waals surface area (Å²) >= 11 is 0. The number of Topliss-reactive ketones (excluding diaryl/α,β-unsaturated/α-hetero) is 3. The Kier molecular flexibility index (Phi) is 14.6. The van der Waals surface area contributed by atoms with Crippen molar-refractivity contribution in [2.24, 2.45) is 17.8 Å². The van der Waals surface area contributed by atoms with E-state index in [1.54, 1.807) is 13.8 Å². The van der Waals surface area contributed by atoms with Crippen LogP contribution in [0.5, 0.6) is 0 Å². The molecule has 1 aliphatic carbocycles. The van der Waals surface area contributed by atoms with E-state index in [1.807, 2.05) is 13.8 Å². The molecule has 0 spiro atoms. The van der Waals surface area contributed by atoms with Gasteiger partial charge in [0.05, 0.1) is 6.04 Å². The molecule has 2 N–H and O–H groups in total. The summed E-state index contributed by atoms with van der Waals surface area (Å²) in [4.78, 5) is 48.6. The average Bonchev–Trinajstić information content (AvgIpc) is 2.74. The maximum absolute atomic E-state index is 13.0. The number of carboxylic acid groups (broad SMARTS) is 1. The minimum Gasteiger partial charge on any atom is -0.481 e. The molecule has 0 aromatic heterocycles. The fourth-order valence-corrected chi connectivity index (χ4v) is 4.12. The third-order valence-electron chi connectivity index (χ3n) is 6.11. The van der Waals surface area contributed by atoms with Crippen molar-refractivity contribution in [3.63, 3.8) is 0 Å². The Balaban J connectivity index is 2.48. The molecule has 192 valence electrons. The molecule has 0 radical (unpaired) electrons. The van der Waals surface area contributed by atoms with Gasteiger partial charge in [-0.05, 0) is 44.6 Å². The number of ketones is 3. The van der Waals surface area contributed by atoms with Gasteiger partial charge in [-0.2, -0.15) is 0 Å². The topological polar surface area (TPSA) is 110 Å². The van der Waals surface area contributed by atoms with Crippen molar-refractivity contribution in [2.45, 2.75) is 104 Å². The summed E-state index contributed by atoms with van der Waals surface area (Å²) in [5.41, 5.74) is 0. The van der Waals surface area contributed by atoms with Crippen molar-refractivity contribution < 1.29 is 29.0 Å². The van der Waals surface area contributed by atoms with Crippen molar-refractivity contribution in [2.75, 3.05) is 13.2 Å². The molecule has 1 aliphatic rings. The Labute approximate surface area is 204 Å². The van der Waals surface area contributed by atoms with Crippen molar-refractivity contribution in [3.05, 3.63) is 0 Å². The summed E-state index contributed by atoms with van der Waals surface area (Å²) in [6.45, 7) is 7.96. The molecule has 7 nitrogen and oxygen atoms in total. The van der Waals surface area contributed by atoms with E-state index in [4.69, 9.17) is 9.84 Å². The van der Waals surface area contributed by atoms with Crippen LogP contribution >= 0.6 is 0 Å². The Morgan fingerprint density at radius 2 is 1.79 bits per heavy atom. The lowest BCUT2D eigenvalue weighted by Gasteiger charge is -2.24. The van der Waals surface area contributed by atoms with Crippen LogP contribution < -0.4 is 5.32 Å². The van der Waals surface area contributed by atoms with Gasteiger partial charge in [-0.1, -0.05) is 40.0 Å². The van der Waals surface area contributed by atoms with E-state index >= 15 is 0 Å². The summed E-state index contributed by atoms with van der Waals surface area (Å²) in [5, 5.41) is 12.2. The van der Waals surface area contributed by atoms with E-state index in [-0.39, 0.29) is 61.2 Å². The Morgan fingerprint density at radius 1 is 1.06 bits per heavy atom. The molecule has 3 atom stereocenters. The molecule has 1 rings (SSSR count). The SMILES string of the molecule is CC(C)C(=O)[C@H](CCC(=O)O)CC(=O)[C@@H](NCCCC(=O)COC1C#CCCCCC1)C(C)C. The molecule has 0 saturated carbocycles. The fourth-order valence-electron chi connectivity index (χ4n) is 4.12. The Morgan fingerprint density at radius 3 is 2.44 bits per heavy atom. The van der Waals surface area contributed by atoms with Gasteiger partial charge in [0.15, 0.2) is 11.6 Å². The zero-order chi connectivity index (χ0) is 25.5. The van der Waals surface area contributed by atoms with Gasteiger partial charge in [0.1, 0.15) is 18.5 Å². The molecule has 0 saturated heterocycles. The molecule has 0 aromatic rings. The Hall–Kier alpha value is -2.04. The molecule has 7 heteroatoms. The highest BCUT2D eigenvalue weighted by Gasteiger charge is 2.29. The van der Waals surface area contributed by atoms with E-state index in [0.29, 0.717) is 19.4 Å². The summed E-state index contributed by atoms with van der Waals surface area (Å²) < 4.78 is 5.69. The predicted octanol–water partition coefficient (Wildman–Crippen LogP) is 3.97. The molecule has 0 fully saturated rings. The molecular weight excluding hydrogens is 434 g/mol. The number of nitrogens with one attached hydrogen (secondary N) is 1. The van der Waals surface area contributed by atoms with Crippen LogP contribution in [0.1, 0.15) is 91.9 Å². The lowest BCUT2D eigenvalue weighted by Crippen LogP contribution is -2.43. The van der Waals surface area contributed by atoms with E-state index < -0.39 is 17.9 Å². The fraction of sp³-hybridized carbons (Fsp3) is 0.778. The van der Waals surface area contributed by atoms with Crippen LogP contribution in [0.15, 0.2) is 0 Å². The molecule has 34 heavy (non-hydrogen) atoms. The number of carbonyl (C=O) groups excluding carboxylic acids is 3. The molecule has 0 amide bonds. The highest BCUT2D eigenvalue weighted by molar-refractivity contribution is 5.91. The number of carboxylic acids is 1. The minimum absolute atomic E-state index is 0.0127. The van der Waals surface area contributed by atoms with Crippen LogP contribution in [-0.4, -0.2) is 53.7 Å². The summed E-state index contributed by atoms with van der Waals surface area (Å²) in [5.74, 6) is 4.28. The van der Waals surface area contributed by atoms with Crippen molar-refractivity contribution >= 4 is 23.3 Å². The van der Waals surface area contributed by atoms with Gasteiger partial charge in [0, 0.05) is 37.5 Å². The zero-order valence-corrected chi connectivity index (χ0v) is 21.4. The largest absolute Gasteiger partial charge is 0.481 e. The number of rotatable bonds is 17. The van der Waals surface area contributed by atoms with Crippen LogP contribution in [0.25, 0.3) is 0 Å². The highest BCUT2D eigenvalue weighted by Crippen LogP contribution is 2.20. The summed E-state index contributed by atoms with van der Waals surface area (Å²) in [7, 11) is 0. The molecule has 0 bridgehead atoms. The quantitative estimate of drug-likeness (QED) is 0.241. The van der Waals surface area contributed by atoms with Crippen LogP contribution in [0, 0.1) is 29.6 Å². The first kappa shape index (κ1) is 30.0. The van der Waals surface area contributed by atoms with Crippen LogP contribution in [0.3, 0.4) is 0 Å². The van der Waals surface area contributed by atoms with Crippen molar-refractivity contribution in [1.29, 1.82) is 0 Å². The van der Waals surface area contributed by atoms with Gasteiger partial charge in [0.25, 0.3) is 0 Å². The third-order valence-corrected chi connectivity index (χ3v) is 6.11. The molecular formula is C27H43NO6. The first-order valence-electron chi connectivity index (χ1n) is 12.7. The smallest absolute Gasteiger partial charge is 0.303 e. The van der Waals surface area contributed by atoms with Gasteiger partial charge in [-0.3, -0.25) is 19.2 Å². The maximum Gasteiger partial charge on any atom is 0.303 e. The van der Waals surface area contributed by atoms with Gasteiger partial charge in [-0.15, -0.1) is 5.92 Å². The second kappa shape index (κ2) is 16.6. The number of hydrogen-bond acceptors (Lipinski definition) is 6. The first-order chi connectivity index (χ1) is 16.1. The second-order valence-corrected chi connectivity index (χ2v) is 9.89. The van der Waals surface area contributed by atoms with Crippen molar-refractivity contribution in [1.82, 2.24) is 5.32 Å². The van der Waals surface area contributed by atoms with Gasteiger partial charge in [-0.25, -0.2) is 0 Å². The lowest BCUT2D eigenvalue weighted by atomic mass is 9.84. The normalized spacial score (nSPS) is 17.9. The number of hydrogen-bond donors (Lipinski definition) is 2. The molecule has 0 aromatic carbocycles.